The minimum Gasteiger partial charge on any atom is -0.316 e. The molecule has 0 fully saturated rings. The minimum absolute atomic E-state index is 0.702. The predicted octanol–water partition coefficient (Wildman–Crippen LogP) is 2.87. The minimum atomic E-state index is 0.702. The molecule has 0 saturated heterocycles. The summed E-state index contributed by atoms with van der Waals surface area (Å²) in [5, 5.41) is 8.74. The smallest absolute Gasteiger partial charge is 0.0669 e. The van der Waals surface area contributed by atoms with Gasteiger partial charge in [0.1, 0.15) is 0 Å². The number of aromatic nitrogens is 2. The third-order valence-electron chi connectivity index (χ3n) is 3.03. The Morgan fingerprint density at radius 3 is 2.50 bits per heavy atom. The first-order chi connectivity index (χ1) is 8.63. The van der Waals surface area contributed by atoms with E-state index in [9.17, 15) is 0 Å². The molecule has 0 aliphatic carbocycles. The molecule has 4 heteroatoms. The number of hydrogen-bond acceptors (Lipinski definition) is 3. The van der Waals surface area contributed by atoms with Gasteiger partial charge < -0.3 is 5.32 Å². The standard InChI is InChI=1S/C14H27N3S/c1-6-13-12(10-15-5)14(7-2)17(16-13)8-9-18-11(3)4/h11,15H,6-10H2,1-5H3. The van der Waals surface area contributed by atoms with Crippen LogP contribution in [0.3, 0.4) is 0 Å². The Morgan fingerprint density at radius 2 is 2.00 bits per heavy atom. The van der Waals surface area contributed by atoms with Gasteiger partial charge in [-0.25, -0.2) is 0 Å². The van der Waals surface area contributed by atoms with E-state index in [1.807, 2.05) is 18.8 Å². The fourth-order valence-corrected chi connectivity index (χ4v) is 2.96. The molecule has 0 aromatic carbocycles. The van der Waals surface area contributed by atoms with Gasteiger partial charge in [0.15, 0.2) is 0 Å². The summed E-state index contributed by atoms with van der Waals surface area (Å²) in [6, 6.07) is 0. The second-order valence-electron chi connectivity index (χ2n) is 4.75. The van der Waals surface area contributed by atoms with Crippen LogP contribution in [-0.2, 0) is 25.9 Å². The molecule has 0 amide bonds. The van der Waals surface area contributed by atoms with Crippen molar-refractivity contribution >= 4 is 11.8 Å². The molecule has 0 bridgehead atoms. The number of hydrogen-bond donors (Lipinski definition) is 1. The first-order valence-corrected chi connectivity index (χ1v) is 8.02. The van der Waals surface area contributed by atoms with E-state index >= 15 is 0 Å². The van der Waals surface area contributed by atoms with Crippen molar-refractivity contribution in [2.45, 2.75) is 58.9 Å². The normalized spacial score (nSPS) is 11.4. The highest BCUT2D eigenvalue weighted by Gasteiger charge is 2.14. The third-order valence-corrected chi connectivity index (χ3v) is 4.11. The van der Waals surface area contributed by atoms with Gasteiger partial charge in [-0.3, -0.25) is 4.68 Å². The highest BCUT2D eigenvalue weighted by atomic mass is 32.2. The van der Waals surface area contributed by atoms with Crippen LogP contribution >= 0.6 is 11.8 Å². The Kier molecular flexibility index (Phi) is 6.79. The molecule has 0 radical (unpaired) electrons. The number of nitrogens with zero attached hydrogens (tertiary/aromatic N) is 2. The number of nitrogens with one attached hydrogen (secondary N) is 1. The Labute approximate surface area is 116 Å². The zero-order chi connectivity index (χ0) is 13.5. The molecule has 0 atom stereocenters. The Hall–Kier alpha value is -0.480. The van der Waals surface area contributed by atoms with Crippen molar-refractivity contribution in [3.63, 3.8) is 0 Å². The molecular weight excluding hydrogens is 242 g/mol. The Morgan fingerprint density at radius 1 is 1.28 bits per heavy atom. The van der Waals surface area contributed by atoms with E-state index in [2.05, 4.69) is 37.7 Å². The molecule has 1 N–H and O–H groups in total. The summed E-state index contributed by atoms with van der Waals surface area (Å²) in [6.07, 6.45) is 2.09. The quantitative estimate of drug-likeness (QED) is 0.787. The molecule has 3 nitrogen and oxygen atoms in total. The maximum Gasteiger partial charge on any atom is 0.0669 e. The highest BCUT2D eigenvalue weighted by molar-refractivity contribution is 7.99. The van der Waals surface area contributed by atoms with Crippen LogP contribution in [0.5, 0.6) is 0 Å². The van der Waals surface area contributed by atoms with Crippen LogP contribution in [0.1, 0.15) is 44.6 Å². The average Bonchev–Trinajstić information content (AvgIpc) is 2.66. The highest BCUT2D eigenvalue weighted by Crippen LogP contribution is 2.17. The molecular formula is C14H27N3S. The van der Waals surface area contributed by atoms with Crippen LogP contribution in [0.25, 0.3) is 0 Å². The van der Waals surface area contributed by atoms with Gasteiger partial charge in [0.05, 0.1) is 12.2 Å². The fourth-order valence-electron chi connectivity index (χ4n) is 2.21. The van der Waals surface area contributed by atoms with Gasteiger partial charge in [-0.15, -0.1) is 0 Å². The van der Waals surface area contributed by atoms with E-state index in [1.165, 1.54) is 17.0 Å². The van der Waals surface area contributed by atoms with Gasteiger partial charge in [-0.2, -0.15) is 16.9 Å². The molecule has 0 unspecified atom stereocenters. The summed E-state index contributed by atoms with van der Waals surface area (Å²) in [6.45, 7) is 10.9. The lowest BCUT2D eigenvalue weighted by Crippen LogP contribution is -2.11. The van der Waals surface area contributed by atoms with Crippen LogP contribution < -0.4 is 5.32 Å². The lowest BCUT2D eigenvalue weighted by Gasteiger charge is -2.09. The topological polar surface area (TPSA) is 29.9 Å². The van der Waals surface area contributed by atoms with Gasteiger partial charge in [0.2, 0.25) is 0 Å². The summed E-state index contributed by atoms with van der Waals surface area (Å²) in [5.41, 5.74) is 4.08. The number of aryl methyl sites for hydroxylation is 2. The van der Waals surface area contributed by atoms with Gasteiger partial charge >= 0.3 is 0 Å². The zero-order valence-corrected chi connectivity index (χ0v) is 13.2. The van der Waals surface area contributed by atoms with Crippen molar-refractivity contribution < 1.29 is 0 Å². The Balaban J connectivity index is 2.83. The molecule has 1 aromatic rings. The van der Waals surface area contributed by atoms with E-state index in [0.29, 0.717) is 5.25 Å². The largest absolute Gasteiger partial charge is 0.316 e. The first kappa shape index (κ1) is 15.6. The van der Waals surface area contributed by atoms with Crippen LogP contribution in [0, 0.1) is 0 Å². The maximum atomic E-state index is 4.78. The average molecular weight is 269 g/mol. The maximum absolute atomic E-state index is 4.78. The van der Waals surface area contributed by atoms with Crippen molar-refractivity contribution in [3.8, 4) is 0 Å². The van der Waals surface area contributed by atoms with E-state index in [-0.39, 0.29) is 0 Å². The summed E-state index contributed by atoms with van der Waals surface area (Å²) >= 11 is 2.00. The second-order valence-corrected chi connectivity index (χ2v) is 6.44. The lowest BCUT2D eigenvalue weighted by molar-refractivity contribution is 0.621. The predicted molar refractivity (Wildman–Crippen MR) is 81.3 cm³/mol. The van der Waals surface area contributed by atoms with Crippen LogP contribution in [0.2, 0.25) is 0 Å². The fraction of sp³-hybridized carbons (Fsp3) is 0.786. The molecule has 1 aromatic heterocycles. The van der Waals surface area contributed by atoms with Crippen molar-refractivity contribution in [1.82, 2.24) is 15.1 Å². The molecule has 1 rings (SSSR count). The number of thioether (sulfide) groups is 1. The molecule has 18 heavy (non-hydrogen) atoms. The zero-order valence-electron chi connectivity index (χ0n) is 12.4. The van der Waals surface area contributed by atoms with E-state index in [1.54, 1.807) is 0 Å². The summed E-state index contributed by atoms with van der Waals surface area (Å²) in [7, 11) is 2.00. The van der Waals surface area contributed by atoms with Crippen molar-refractivity contribution in [1.29, 1.82) is 0 Å². The summed E-state index contributed by atoms with van der Waals surface area (Å²) in [5.74, 6) is 1.15. The van der Waals surface area contributed by atoms with E-state index < -0.39 is 0 Å². The van der Waals surface area contributed by atoms with Crippen molar-refractivity contribution in [2.75, 3.05) is 12.8 Å². The molecule has 104 valence electrons. The van der Waals surface area contributed by atoms with E-state index in [4.69, 9.17) is 5.10 Å². The van der Waals surface area contributed by atoms with Crippen LogP contribution in [0.15, 0.2) is 0 Å². The van der Waals surface area contributed by atoms with Crippen LogP contribution in [0.4, 0.5) is 0 Å². The molecule has 0 aliphatic rings. The van der Waals surface area contributed by atoms with E-state index in [0.717, 1.165) is 31.7 Å². The van der Waals surface area contributed by atoms with Crippen molar-refractivity contribution in [2.24, 2.45) is 0 Å². The monoisotopic (exact) mass is 269 g/mol. The van der Waals surface area contributed by atoms with Crippen LogP contribution in [-0.4, -0.2) is 27.8 Å². The molecule has 0 aliphatic heterocycles. The van der Waals surface area contributed by atoms with Crippen molar-refractivity contribution in [3.05, 3.63) is 17.0 Å². The summed E-state index contributed by atoms with van der Waals surface area (Å²) in [4.78, 5) is 0. The van der Waals surface area contributed by atoms with Gasteiger partial charge in [0.25, 0.3) is 0 Å². The molecule has 0 spiro atoms. The second kappa shape index (κ2) is 7.85. The van der Waals surface area contributed by atoms with Gasteiger partial charge in [-0.1, -0.05) is 27.7 Å². The first-order valence-electron chi connectivity index (χ1n) is 6.97. The van der Waals surface area contributed by atoms with Gasteiger partial charge in [0, 0.05) is 23.6 Å². The SMILES string of the molecule is CCc1nn(CCSC(C)C)c(CC)c1CNC. The summed E-state index contributed by atoms with van der Waals surface area (Å²) < 4.78 is 2.22. The Bertz CT molecular complexity index is 358. The third kappa shape index (κ3) is 4.02. The number of rotatable bonds is 8. The van der Waals surface area contributed by atoms with Gasteiger partial charge in [-0.05, 0) is 25.1 Å². The molecule has 1 heterocycles. The lowest BCUT2D eigenvalue weighted by atomic mass is 10.1. The molecule has 0 saturated carbocycles.